The summed E-state index contributed by atoms with van der Waals surface area (Å²) in [5.74, 6) is -0.0541. The highest BCUT2D eigenvalue weighted by atomic mass is 32.1. The molecule has 0 bridgehead atoms. The number of nitrogens with zero attached hydrogens (tertiary/aromatic N) is 3. The molecule has 0 spiro atoms. The molecule has 1 N–H and O–H groups in total. The fourth-order valence-corrected chi connectivity index (χ4v) is 3.53. The number of hydrogen-bond acceptors (Lipinski definition) is 5. The van der Waals surface area contributed by atoms with Crippen molar-refractivity contribution < 1.29 is 4.79 Å². The maximum absolute atomic E-state index is 12.7. The zero-order valence-electron chi connectivity index (χ0n) is 14.8. The van der Waals surface area contributed by atoms with E-state index >= 15 is 0 Å². The van der Waals surface area contributed by atoms with Crippen molar-refractivity contribution in [3.05, 3.63) is 82.8 Å². The molecule has 134 valence electrons. The Morgan fingerprint density at radius 1 is 1.26 bits per heavy atom. The van der Waals surface area contributed by atoms with Crippen LogP contribution in [-0.4, -0.2) is 26.9 Å². The SMILES string of the molecule is C=C(C)CNc1cccc(-c2ccnc3c(C(=O)c4cccs4)cnn23)c1. The Morgan fingerprint density at radius 2 is 2.15 bits per heavy atom. The van der Waals surface area contributed by atoms with Crippen molar-refractivity contribution in [2.75, 3.05) is 11.9 Å². The van der Waals surface area contributed by atoms with Crippen LogP contribution in [0.3, 0.4) is 0 Å². The molecule has 0 saturated heterocycles. The Morgan fingerprint density at radius 3 is 2.93 bits per heavy atom. The number of thiophene rings is 1. The monoisotopic (exact) mass is 374 g/mol. The maximum Gasteiger partial charge on any atom is 0.208 e. The number of anilines is 1. The van der Waals surface area contributed by atoms with Gasteiger partial charge in [-0.2, -0.15) is 5.10 Å². The summed E-state index contributed by atoms with van der Waals surface area (Å²) in [6.07, 6.45) is 3.31. The lowest BCUT2D eigenvalue weighted by atomic mass is 10.1. The molecule has 0 aliphatic rings. The zero-order valence-corrected chi connectivity index (χ0v) is 15.7. The number of carbonyl (C=O) groups excluding carboxylic acids is 1. The Bertz CT molecular complexity index is 1130. The molecule has 0 amide bonds. The first-order valence-electron chi connectivity index (χ1n) is 8.53. The van der Waals surface area contributed by atoms with Gasteiger partial charge in [-0.25, -0.2) is 9.50 Å². The molecule has 0 aliphatic carbocycles. The second kappa shape index (κ2) is 7.17. The minimum absolute atomic E-state index is 0.0541. The van der Waals surface area contributed by atoms with Gasteiger partial charge >= 0.3 is 0 Å². The van der Waals surface area contributed by atoms with E-state index in [-0.39, 0.29) is 5.78 Å². The number of benzene rings is 1. The molecule has 4 aromatic rings. The van der Waals surface area contributed by atoms with Crippen LogP contribution in [0.25, 0.3) is 16.9 Å². The smallest absolute Gasteiger partial charge is 0.208 e. The highest BCUT2D eigenvalue weighted by Crippen LogP contribution is 2.25. The predicted molar refractivity (Wildman–Crippen MR) is 109 cm³/mol. The van der Waals surface area contributed by atoms with Crippen molar-refractivity contribution in [2.45, 2.75) is 6.92 Å². The van der Waals surface area contributed by atoms with Crippen LogP contribution in [-0.2, 0) is 0 Å². The molecule has 5 nitrogen and oxygen atoms in total. The minimum atomic E-state index is -0.0541. The van der Waals surface area contributed by atoms with E-state index in [9.17, 15) is 4.79 Å². The molecule has 0 saturated carbocycles. The molecule has 0 atom stereocenters. The highest BCUT2D eigenvalue weighted by molar-refractivity contribution is 7.12. The molecule has 0 aliphatic heterocycles. The lowest BCUT2D eigenvalue weighted by Crippen LogP contribution is -2.03. The number of nitrogens with one attached hydrogen (secondary N) is 1. The fourth-order valence-electron chi connectivity index (χ4n) is 2.85. The van der Waals surface area contributed by atoms with Crippen molar-refractivity contribution in [3.8, 4) is 11.3 Å². The van der Waals surface area contributed by atoms with Gasteiger partial charge in [-0.3, -0.25) is 4.79 Å². The Labute approximate surface area is 161 Å². The standard InChI is InChI=1S/C21H18N4OS/c1-14(2)12-23-16-6-3-5-15(11-16)18-8-9-22-21-17(13-24-25(18)21)20(26)19-7-4-10-27-19/h3-11,13,23H,1,12H2,2H3. The van der Waals surface area contributed by atoms with E-state index < -0.39 is 0 Å². The Hall–Kier alpha value is -3.25. The third kappa shape index (κ3) is 3.39. The van der Waals surface area contributed by atoms with Crippen LogP contribution >= 0.6 is 11.3 Å². The number of fused-ring (bicyclic) bond motifs is 1. The summed E-state index contributed by atoms with van der Waals surface area (Å²) in [4.78, 5) is 17.8. The largest absolute Gasteiger partial charge is 0.381 e. The summed E-state index contributed by atoms with van der Waals surface area (Å²) in [5.41, 5.74) is 5.01. The molecule has 4 rings (SSSR count). The normalized spacial score (nSPS) is 10.9. The summed E-state index contributed by atoms with van der Waals surface area (Å²) >= 11 is 1.42. The van der Waals surface area contributed by atoms with Gasteiger partial charge in [0.05, 0.1) is 22.3 Å². The van der Waals surface area contributed by atoms with Gasteiger partial charge in [-0.15, -0.1) is 11.3 Å². The van der Waals surface area contributed by atoms with E-state index in [4.69, 9.17) is 0 Å². The number of rotatable bonds is 6. The molecule has 3 aromatic heterocycles. The van der Waals surface area contributed by atoms with Gasteiger partial charge < -0.3 is 5.32 Å². The van der Waals surface area contributed by atoms with Crippen LogP contribution < -0.4 is 5.32 Å². The molecule has 6 heteroatoms. The van der Waals surface area contributed by atoms with Crippen LogP contribution in [0.1, 0.15) is 22.2 Å². The van der Waals surface area contributed by atoms with Crippen LogP contribution in [0, 0.1) is 0 Å². The molecular weight excluding hydrogens is 356 g/mol. The summed E-state index contributed by atoms with van der Waals surface area (Å²) in [6, 6.07) is 13.7. The topological polar surface area (TPSA) is 59.3 Å². The van der Waals surface area contributed by atoms with Crippen LogP contribution in [0.5, 0.6) is 0 Å². The van der Waals surface area contributed by atoms with E-state index in [2.05, 4.69) is 28.0 Å². The third-order valence-corrected chi connectivity index (χ3v) is 5.01. The number of ketones is 1. The van der Waals surface area contributed by atoms with E-state index in [1.165, 1.54) is 11.3 Å². The number of aromatic nitrogens is 3. The van der Waals surface area contributed by atoms with Gasteiger partial charge in [0.25, 0.3) is 0 Å². The minimum Gasteiger partial charge on any atom is -0.381 e. The summed E-state index contributed by atoms with van der Waals surface area (Å²) in [6.45, 7) is 6.62. The summed E-state index contributed by atoms with van der Waals surface area (Å²) in [5, 5.41) is 9.67. The summed E-state index contributed by atoms with van der Waals surface area (Å²) in [7, 11) is 0. The van der Waals surface area contributed by atoms with E-state index in [1.807, 2.05) is 48.7 Å². The van der Waals surface area contributed by atoms with Crippen molar-refractivity contribution >= 4 is 28.5 Å². The van der Waals surface area contributed by atoms with Gasteiger partial charge in [-0.1, -0.05) is 30.4 Å². The lowest BCUT2D eigenvalue weighted by molar-refractivity contribution is 0.104. The molecular formula is C21H18N4OS. The van der Waals surface area contributed by atoms with Gasteiger partial charge in [-0.05, 0) is 36.6 Å². The first-order chi connectivity index (χ1) is 13.1. The average molecular weight is 374 g/mol. The van der Waals surface area contributed by atoms with Crippen LogP contribution in [0.4, 0.5) is 5.69 Å². The van der Waals surface area contributed by atoms with Crippen LogP contribution in [0.15, 0.2) is 72.4 Å². The molecule has 1 aromatic carbocycles. The van der Waals surface area contributed by atoms with Crippen LogP contribution in [0.2, 0.25) is 0 Å². The van der Waals surface area contributed by atoms with Crippen molar-refractivity contribution in [2.24, 2.45) is 0 Å². The third-order valence-electron chi connectivity index (χ3n) is 4.14. The van der Waals surface area contributed by atoms with Crippen molar-refractivity contribution in [1.82, 2.24) is 14.6 Å². The first kappa shape index (κ1) is 17.2. The quantitative estimate of drug-likeness (QED) is 0.393. The zero-order chi connectivity index (χ0) is 18.8. The van der Waals surface area contributed by atoms with Gasteiger partial charge in [0.2, 0.25) is 5.78 Å². The van der Waals surface area contributed by atoms with E-state index in [0.29, 0.717) is 16.1 Å². The molecule has 0 fully saturated rings. The van der Waals surface area contributed by atoms with Crippen molar-refractivity contribution in [1.29, 1.82) is 0 Å². The van der Waals surface area contributed by atoms with Gasteiger partial charge in [0.15, 0.2) is 5.65 Å². The molecule has 0 radical (unpaired) electrons. The number of hydrogen-bond donors (Lipinski definition) is 1. The maximum atomic E-state index is 12.7. The average Bonchev–Trinajstić information content (AvgIpc) is 3.36. The lowest BCUT2D eigenvalue weighted by Gasteiger charge is -2.09. The summed E-state index contributed by atoms with van der Waals surface area (Å²) < 4.78 is 1.72. The van der Waals surface area contributed by atoms with E-state index in [0.717, 1.165) is 29.1 Å². The number of carbonyl (C=O) groups is 1. The highest BCUT2D eigenvalue weighted by Gasteiger charge is 2.18. The van der Waals surface area contributed by atoms with Crippen molar-refractivity contribution in [3.63, 3.8) is 0 Å². The predicted octanol–water partition coefficient (Wildman–Crippen LogP) is 4.68. The molecule has 27 heavy (non-hydrogen) atoms. The first-order valence-corrected chi connectivity index (χ1v) is 9.41. The molecule has 3 heterocycles. The molecule has 0 unspecified atom stereocenters. The second-order valence-electron chi connectivity index (χ2n) is 6.32. The fraction of sp³-hybridized carbons (Fsp3) is 0.0952. The van der Waals surface area contributed by atoms with Gasteiger partial charge in [0.1, 0.15) is 0 Å². The second-order valence-corrected chi connectivity index (χ2v) is 7.27. The Balaban J connectivity index is 1.75. The Kier molecular flexibility index (Phi) is 4.56. The van der Waals surface area contributed by atoms with Gasteiger partial charge in [0, 0.05) is 24.0 Å². The van der Waals surface area contributed by atoms with E-state index in [1.54, 1.807) is 16.9 Å².